The van der Waals surface area contributed by atoms with Gasteiger partial charge < -0.3 is 11.5 Å². The maximum atomic E-state index is 14.2. The van der Waals surface area contributed by atoms with Crippen molar-refractivity contribution in [2.75, 3.05) is 11.4 Å². The van der Waals surface area contributed by atoms with E-state index in [0.717, 1.165) is 64.4 Å². The summed E-state index contributed by atoms with van der Waals surface area (Å²) < 4.78 is 0. The predicted octanol–water partition coefficient (Wildman–Crippen LogP) is 4.33. The smallest absolute Gasteiger partial charge is 0.240 e. The number of fused-ring (bicyclic) bond motifs is 1. The van der Waals surface area contributed by atoms with Crippen LogP contribution in [-0.4, -0.2) is 55.2 Å². The third-order valence-corrected chi connectivity index (χ3v) is 8.66. The number of anilines is 1. The summed E-state index contributed by atoms with van der Waals surface area (Å²) in [4.78, 5) is 28.8. The van der Waals surface area contributed by atoms with Gasteiger partial charge in [0.1, 0.15) is 6.04 Å². The van der Waals surface area contributed by atoms with Gasteiger partial charge in [-0.15, -0.1) is 22.6 Å². The van der Waals surface area contributed by atoms with E-state index in [0.29, 0.717) is 24.0 Å². The van der Waals surface area contributed by atoms with Crippen LogP contribution in [0.4, 0.5) is 5.69 Å². The Morgan fingerprint density at radius 3 is 2.32 bits per heavy atom. The van der Waals surface area contributed by atoms with Crippen LogP contribution in [0.2, 0.25) is 0 Å². The van der Waals surface area contributed by atoms with Crippen LogP contribution in [0.25, 0.3) is 33.4 Å². The number of tetrazole rings is 1. The van der Waals surface area contributed by atoms with Crippen LogP contribution in [0.3, 0.4) is 0 Å². The molecule has 11 nitrogen and oxygen atoms in total. The number of nitrogens with zero attached hydrogens (tertiary/aromatic N) is 5. The molecule has 0 spiro atoms. The van der Waals surface area contributed by atoms with Crippen LogP contribution in [0.1, 0.15) is 36.8 Å². The fraction of sp³-hybridized carbons (Fsp3) is 0.312. The molecule has 6 rings (SSSR count). The first-order valence-electron chi connectivity index (χ1n) is 14.6. The topological polar surface area (TPSA) is 173 Å². The number of amides is 2. The maximum absolute atomic E-state index is 14.2. The Bertz CT molecular complexity index is 1710. The minimum Gasteiger partial charge on any atom is -0.368 e. The highest BCUT2D eigenvalue weighted by Gasteiger charge is 2.36. The lowest BCUT2D eigenvalue weighted by Gasteiger charge is -2.35. The molecule has 1 aliphatic carbocycles. The summed E-state index contributed by atoms with van der Waals surface area (Å²) in [6.45, 7) is 2.70. The zero-order valence-corrected chi connectivity index (χ0v) is 25.3. The molecule has 2 amide bonds. The van der Waals surface area contributed by atoms with Crippen molar-refractivity contribution in [2.24, 2.45) is 23.3 Å². The van der Waals surface area contributed by atoms with E-state index in [4.69, 9.17) is 11.5 Å². The molecule has 1 aliphatic rings. The molecule has 0 aliphatic heterocycles. The molecule has 0 saturated heterocycles. The van der Waals surface area contributed by atoms with Gasteiger partial charge in [0.25, 0.3) is 0 Å². The van der Waals surface area contributed by atoms with Gasteiger partial charge in [0.05, 0.1) is 11.7 Å². The summed E-state index contributed by atoms with van der Waals surface area (Å²) in [7, 11) is 0. The summed E-state index contributed by atoms with van der Waals surface area (Å²) in [5, 5.41) is 22.4. The summed E-state index contributed by atoms with van der Waals surface area (Å²) in [6, 6.07) is 18.6. The van der Waals surface area contributed by atoms with Gasteiger partial charge in [-0.05, 0) is 103 Å². The molecule has 44 heavy (non-hydrogen) atoms. The number of aromatic amines is 2. The molecule has 2 heterocycles. The normalized spacial score (nSPS) is 17.1. The van der Waals surface area contributed by atoms with Crippen molar-refractivity contribution in [3.05, 3.63) is 78.0 Å². The molecule has 0 unspecified atom stereocenters. The minimum atomic E-state index is -0.874. The van der Waals surface area contributed by atoms with E-state index in [1.54, 1.807) is 4.90 Å². The monoisotopic (exact) mass is 613 g/mol. The van der Waals surface area contributed by atoms with Crippen LogP contribution in [0.5, 0.6) is 0 Å². The number of hydrogen-bond donors (Lipinski definition) is 4. The molecule has 6 N–H and O–H groups in total. The number of benzene rings is 3. The Morgan fingerprint density at radius 1 is 0.977 bits per heavy atom. The van der Waals surface area contributed by atoms with Crippen LogP contribution in [0.15, 0.2) is 66.9 Å². The van der Waals surface area contributed by atoms with Gasteiger partial charge in [-0.1, -0.05) is 30.3 Å². The Morgan fingerprint density at radius 2 is 1.68 bits per heavy atom. The number of nitrogens with two attached hydrogens (primary N) is 2. The number of carbonyl (C=O) groups excluding carboxylic acids is 2. The highest BCUT2D eigenvalue weighted by atomic mass is 35.5. The van der Waals surface area contributed by atoms with E-state index in [9.17, 15) is 9.59 Å². The van der Waals surface area contributed by atoms with Crippen molar-refractivity contribution >= 4 is 40.8 Å². The zero-order chi connectivity index (χ0) is 29.9. The molecule has 0 radical (unpaired) electrons. The van der Waals surface area contributed by atoms with Gasteiger partial charge in [0.15, 0.2) is 0 Å². The molecular formula is C32H36ClN9O2. The minimum absolute atomic E-state index is 0. The Kier molecular flexibility index (Phi) is 9.36. The third kappa shape index (κ3) is 6.20. The molecule has 228 valence electrons. The van der Waals surface area contributed by atoms with Crippen molar-refractivity contribution in [1.29, 1.82) is 0 Å². The molecule has 2 aromatic heterocycles. The Labute approximate surface area is 261 Å². The number of hydrogen-bond acceptors (Lipinski definition) is 7. The van der Waals surface area contributed by atoms with E-state index in [2.05, 4.69) is 43.8 Å². The lowest BCUT2D eigenvalue weighted by Crippen LogP contribution is -2.52. The first-order chi connectivity index (χ1) is 20.9. The third-order valence-electron chi connectivity index (χ3n) is 8.66. The molecule has 12 heteroatoms. The SMILES string of the molecule is Cc1ccc2[nH]ncc2c1-c1ccc(C[C@@H](C(N)=O)N(c2ccc(-c3nn[nH]n3)cc2)C(=O)[C@H]2CC[C@H](CN)CC2)cc1.Cl. The first kappa shape index (κ1) is 30.8. The quantitative estimate of drug-likeness (QED) is 0.191. The lowest BCUT2D eigenvalue weighted by molar-refractivity contribution is -0.127. The van der Waals surface area contributed by atoms with Gasteiger partial charge in [-0.25, -0.2) is 0 Å². The molecule has 5 aromatic rings. The number of rotatable bonds is 9. The molecule has 1 saturated carbocycles. The first-order valence-corrected chi connectivity index (χ1v) is 14.6. The van der Waals surface area contributed by atoms with Crippen molar-refractivity contribution < 1.29 is 9.59 Å². The summed E-state index contributed by atoms with van der Waals surface area (Å²) in [6.07, 6.45) is 5.37. The fourth-order valence-corrected chi connectivity index (χ4v) is 6.22. The number of H-pyrrole nitrogens is 2. The van der Waals surface area contributed by atoms with E-state index in [1.165, 1.54) is 0 Å². The van der Waals surface area contributed by atoms with Crippen LogP contribution in [-0.2, 0) is 16.0 Å². The standard InChI is InChI=1S/C32H35N9O2.ClH/c1-19-2-15-27-26(18-35-36-27)29(19)22-7-3-20(4-8-22)16-28(30(34)42)41(32(43)24-9-5-21(17-33)6-10-24)25-13-11-23(12-14-25)31-37-39-40-38-31;/h2-4,7-8,11-15,18,21,24,28H,5-6,9-10,16-17,33H2,1H3,(H2,34,42)(H,35,36)(H,37,38,39,40);1H/t21-,24-,28-;/m0./s1. The van der Waals surface area contributed by atoms with Gasteiger partial charge >= 0.3 is 0 Å². The number of aryl methyl sites for hydroxylation is 1. The summed E-state index contributed by atoms with van der Waals surface area (Å²) in [5.41, 5.74) is 18.4. The molecule has 1 atom stereocenters. The second-order valence-corrected chi connectivity index (χ2v) is 11.4. The largest absolute Gasteiger partial charge is 0.368 e. The van der Waals surface area contributed by atoms with Crippen molar-refractivity contribution in [3.63, 3.8) is 0 Å². The number of nitrogens with one attached hydrogen (secondary N) is 2. The molecule has 3 aromatic carbocycles. The zero-order valence-electron chi connectivity index (χ0n) is 24.4. The van der Waals surface area contributed by atoms with Crippen LogP contribution >= 0.6 is 12.4 Å². The predicted molar refractivity (Wildman–Crippen MR) is 172 cm³/mol. The second kappa shape index (κ2) is 13.4. The number of aromatic nitrogens is 6. The van der Waals surface area contributed by atoms with Gasteiger partial charge in [0.2, 0.25) is 17.6 Å². The second-order valence-electron chi connectivity index (χ2n) is 11.4. The molecule has 0 bridgehead atoms. The highest BCUT2D eigenvalue weighted by Crippen LogP contribution is 2.34. The number of carbonyl (C=O) groups is 2. The average molecular weight is 614 g/mol. The van der Waals surface area contributed by atoms with E-state index in [-0.39, 0.29) is 30.7 Å². The van der Waals surface area contributed by atoms with E-state index < -0.39 is 11.9 Å². The van der Waals surface area contributed by atoms with Gasteiger partial charge in [-0.3, -0.25) is 19.6 Å². The molecule has 1 fully saturated rings. The fourth-order valence-electron chi connectivity index (χ4n) is 6.22. The maximum Gasteiger partial charge on any atom is 0.240 e. The van der Waals surface area contributed by atoms with Gasteiger partial charge in [0, 0.05) is 29.0 Å². The van der Waals surface area contributed by atoms with Crippen molar-refractivity contribution in [3.8, 4) is 22.5 Å². The Hall–Kier alpha value is -4.61. The Balaban J connectivity index is 0.00000384. The van der Waals surface area contributed by atoms with Crippen molar-refractivity contribution in [2.45, 2.75) is 45.1 Å². The summed E-state index contributed by atoms with van der Waals surface area (Å²) in [5.74, 6) is 0.00766. The van der Waals surface area contributed by atoms with E-state index >= 15 is 0 Å². The molecular weight excluding hydrogens is 578 g/mol. The number of primary amides is 1. The lowest BCUT2D eigenvalue weighted by atomic mass is 9.81. The average Bonchev–Trinajstić information content (AvgIpc) is 3.74. The van der Waals surface area contributed by atoms with Crippen LogP contribution in [0, 0.1) is 18.8 Å². The van der Waals surface area contributed by atoms with Crippen molar-refractivity contribution in [1.82, 2.24) is 30.8 Å². The van der Waals surface area contributed by atoms with Crippen LogP contribution < -0.4 is 16.4 Å². The van der Waals surface area contributed by atoms with E-state index in [1.807, 2.05) is 60.8 Å². The number of halogens is 1. The summed E-state index contributed by atoms with van der Waals surface area (Å²) >= 11 is 0. The highest BCUT2D eigenvalue weighted by molar-refractivity contribution is 6.02. The van der Waals surface area contributed by atoms with Gasteiger partial charge in [-0.2, -0.15) is 10.3 Å².